The van der Waals surface area contributed by atoms with Gasteiger partial charge >= 0.3 is 0 Å². The van der Waals surface area contributed by atoms with Gasteiger partial charge in [-0.25, -0.2) is 0 Å². The molecular weight excluding hydrogens is 190 g/mol. The van der Waals surface area contributed by atoms with Crippen molar-refractivity contribution in [3.63, 3.8) is 0 Å². The first-order chi connectivity index (χ1) is 3.92. The van der Waals surface area contributed by atoms with Crippen molar-refractivity contribution in [2.24, 2.45) is 0 Å². The zero-order chi connectivity index (χ0) is 7.49. The van der Waals surface area contributed by atoms with Gasteiger partial charge in [0.05, 0.1) is 5.88 Å². The summed E-state index contributed by atoms with van der Waals surface area (Å²) >= 11 is 7.70. The Morgan fingerprint density at radius 2 is 2.33 bits per heavy atom. The summed E-state index contributed by atoms with van der Waals surface area (Å²) in [6, 6.07) is 0. The molecule has 0 aliphatic rings. The van der Waals surface area contributed by atoms with E-state index in [1.165, 1.54) is 0 Å². The first-order valence-electron chi connectivity index (χ1n) is 2.11. The fourth-order valence-corrected chi connectivity index (χ4v) is 1.21. The molecule has 0 fully saturated rings. The molecule has 0 spiro atoms. The summed E-state index contributed by atoms with van der Waals surface area (Å²) in [5.74, 6) is 0.537. The third-order valence-electron chi connectivity index (χ3n) is 0.504. The quantitative estimate of drug-likeness (QED) is 0.344. The topological polar surface area (TPSA) is 29.1 Å². The molecule has 1 amide bonds. The van der Waals surface area contributed by atoms with Gasteiger partial charge < -0.3 is 5.32 Å². The lowest BCUT2D eigenvalue weighted by atomic mass is 11.2. The molecule has 0 aromatic carbocycles. The zero-order valence-electron chi connectivity index (χ0n) is 4.92. The molecule has 0 aromatic rings. The minimum Gasteiger partial charge on any atom is -0.339 e. The van der Waals surface area contributed by atoms with E-state index in [0.29, 0.717) is 5.88 Å². The Morgan fingerprint density at radius 3 is 2.44 bits per heavy atom. The van der Waals surface area contributed by atoms with Crippen LogP contribution in [-0.4, -0.2) is 26.8 Å². The second-order valence-corrected chi connectivity index (χ2v) is 10.6. The third kappa shape index (κ3) is 8.74. The maximum atomic E-state index is 10.2. The highest BCUT2D eigenvalue weighted by molar-refractivity contribution is 8.96. The molecule has 0 rings (SSSR count). The van der Waals surface area contributed by atoms with Gasteiger partial charge in [0.15, 0.2) is 0 Å². The lowest BCUT2D eigenvalue weighted by Gasteiger charge is -2.22. The second-order valence-electron chi connectivity index (χ2n) is 1.67. The number of amides is 1. The first-order valence-corrected chi connectivity index (χ1v) is 7.05. The molecule has 2 nitrogen and oxygen atoms in total. The Labute approximate surface area is 69.8 Å². The molecule has 0 heterocycles. The van der Waals surface area contributed by atoms with Gasteiger partial charge in [0, 0.05) is 0 Å². The van der Waals surface area contributed by atoms with Crippen molar-refractivity contribution in [1.29, 1.82) is 0 Å². The Hall–Kier alpha value is 0.737. The van der Waals surface area contributed by atoms with Crippen LogP contribution in [0.15, 0.2) is 0 Å². The lowest BCUT2D eigenvalue weighted by molar-refractivity contribution is 0.262. The number of rotatable bonds is 2. The Kier molecular flexibility index (Phi) is 4.11. The van der Waals surface area contributed by atoms with Gasteiger partial charge in [0.2, 0.25) is 0 Å². The molecule has 6 heteroatoms. The Balaban J connectivity index is 3.39. The van der Waals surface area contributed by atoms with Crippen molar-refractivity contribution in [3.05, 3.63) is 0 Å². The number of hydrogen-bond acceptors (Lipinski definition) is 2. The van der Waals surface area contributed by atoms with E-state index in [1.807, 2.05) is 6.26 Å². The number of nitrogens with one attached hydrogen (secondary N) is 1. The largest absolute Gasteiger partial charge is 0.339 e. The van der Waals surface area contributed by atoms with E-state index in [4.69, 9.17) is 0 Å². The molecule has 0 saturated heterocycles. The van der Waals surface area contributed by atoms with Crippen LogP contribution in [-0.2, 0) is 0 Å². The molecule has 0 aliphatic heterocycles. The summed E-state index contributed by atoms with van der Waals surface area (Å²) < 4.78 is 0. The molecule has 1 atom stereocenters. The van der Waals surface area contributed by atoms with Crippen LogP contribution in [0.4, 0.5) is 4.79 Å². The van der Waals surface area contributed by atoms with Crippen LogP contribution >= 0.6 is 32.8 Å². The van der Waals surface area contributed by atoms with Crippen LogP contribution in [0, 0.1) is 0 Å². The predicted octanol–water partition coefficient (Wildman–Crippen LogP) is 0.946. The van der Waals surface area contributed by atoms with Crippen LogP contribution in [0.1, 0.15) is 0 Å². The summed E-state index contributed by atoms with van der Waals surface area (Å²) in [6.07, 6.45) is 1.91. The Bertz CT molecular complexity index is 112. The molecule has 0 aromatic heterocycles. The maximum Gasteiger partial charge on any atom is 0.276 e. The molecule has 3 radical (unpaired) electrons. The third-order valence-corrected chi connectivity index (χ3v) is 2.19. The summed E-state index contributed by atoms with van der Waals surface area (Å²) in [6.45, 7) is 0. The summed E-state index contributed by atoms with van der Waals surface area (Å²) in [7, 11) is 2.25. The number of carbonyl (C=O) groups excluding carboxylic acids is 1. The average Bonchev–Trinajstić information content (AvgIpc) is 1.59. The van der Waals surface area contributed by atoms with Crippen molar-refractivity contribution < 1.29 is 4.79 Å². The number of carbonyl (C=O) groups is 1. The first kappa shape index (κ1) is 9.74. The molecule has 0 bridgehead atoms. The van der Waals surface area contributed by atoms with Gasteiger partial charge in [-0.3, -0.25) is 4.79 Å². The molecule has 0 saturated carbocycles. The standard InChI is InChI=1S/C3H8NOS3Si/c1-8(7,9)2-4-3(5)6/h7H,2H2,1H3,(H2,4,5,6). The smallest absolute Gasteiger partial charge is 0.276 e. The summed E-state index contributed by atoms with van der Waals surface area (Å²) in [5.41, 5.74) is 0. The van der Waals surface area contributed by atoms with Gasteiger partial charge in [-0.15, -0.1) is 11.7 Å². The van der Waals surface area contributed by atoms with E-state index in [9.17, 15) is 4.79 Å². The van der Waals surface area contributed by atoms with Crippen LogP contribution in [0.25, 0.3) is 0 Å². The van der Waals surface area contributed by atoms with Crippen LogP contribution < -0.4 is 5.32 Å². The van der Waals surface area contributed by atoms with Crippen molar-refractivity contribution in [2.45, 2.75) is 0 Å². The lowest BCUT2D eigenvalue weighted by Crippen LogP contribution is -2.20. The van der Waals surface area contributed by atoms with Gasteiger partial charge in [0.1, 0.15) is 9.39 Å². The summed E-state index contributed by atoms with van der Waals surface area (Å²) in [5, 5.41) is 2.20. The molecular formula is C3H8NOS3Si. The number of hydrogen-bond donors (Lipinski definition) is 3. The highest BCUT2D eigenvalue weighted by Gasteiger charge is 2.04. The van der Waals surface area contributed by atoms with Gasteiger partial charge in [-0.05, 0) is 6.26 Å². The highest BCUT2D eigenvalue weighted by atomic mass is 33.2. The average molecular weight is 198 g/mol. The second kappa shape index (κ2) is 3.80. The molecule has 1 N–H and O–H groups in total. The normalized spacial score (nSPS) is 20.0. The van der Waals surface area contributed by atoms with Gasteiger partial charge in [0.25, 0.3) is 5.24 Å². The minimum atomic E-state index is -1.10. The number of thiol groups is 2. The van der Waals surface area contributed by atoms with Crippen LogP contribution in [0.3, 0.4) is 0 Å². The van der Waals surface area contributed by atoms with E-state index < -0.39 is 8.51 Å². The molecule has 53 valence electrons. The van der Waals surface area contributed by atoms with E-state index in [2.05, 4.69) is 39.0 Å². The summed E-state index contributed by atoms with van der Waals surface area (Å²) in [4.78, 5) is 10.2. The molecule has 0 aliphatic carbocycles. The fraction of sp³-hybridized carbons (Fsp3) is 0.667. The monoisotopic (exact) mass is 198 g/mol. The predicted molar refractivity (Wildman–Crippen MR) is 50.6 cm³/mol. The van der Waals surface area contributed by atoms with E-state index in [1.54, 1.807) is 0 Å². The fourth-order valence-electron chi connectivity index (χ4n) is 0.202. The van der Waals surface area contributed by atoms with Crippen LogP contribution in [0.2, 0.25) is 0 Å². The van der Waals surface area contributed by atoms with Crippen molar-refractivity contribution in [3.8, 4) is 0 Å². The van der Waals surface area contributed by atoms with E-state index >= 15 is 0 Å². The van der Waals surface area contributed by atoms with Crippen LogP contribution in [0.5, 0.6) is 0 Å². The van der Waals surface area contributed by atoms with Gasteiger partial charge in [-0.1, -0.05) is 12.6 Å². The highest BCUT2D eigenvalue weighted by Crippen LogP contribution is 2.41. The maximum absolute atomic E-state index is 10.2. The van der Waals surface area contributed by atoms with Gasteiger partial charge in [-0.2, -0.15) is 8.51 Å². The molecule has 9 heavy (non-hydrogen) atoms. The van der Waals surface area contributed by atoms with Crippen molar-refractivity contribution in [1.82, 2.24) is 5.32 Å². The SMILES string of the molecule is CS([Si])(S)CNC(=O)S. The zero-order valence-corrected chi connectivity index (χ0v) is 8.52. The molecule has 1 unspecified atom stereocenters. The Morgan fingerprint density at radius 1 is 1.89 bits per heavy atom. The van der Waals surface area contributed by atoms with Crippen molar-refractivity contribution in [2.75, 3.05) is 12.1 Å². The van der Waals surface area contributed by atoms with E-state index in [0.717, 1.165) is 0 Å². The minimum absolute atomic E-state index is 0.318. The van der Waals surface area contributed by atoms with Crippen molar-refractivity contribution >= 4 is 47.4 Å². The van der Waals surface area contributed by atoms with E-state index in [-0.39, 0.29) is 5.24 Å².